The fraction of sp³-hybridized carbons (Fsp3) is 0.176. The Labute approximate surface area is 148 Å². The van der Waals surface area contributed by atoms with Crippen LogP contribution in [0.1, 0.15) is 16.8 Å². The lowest BCUT2D eigenvalue weighted by Crippen LogP contribution is -2.27. The van der Waals surface area contributed by atoms with Gasteiger partial charge in [-0.1, -0.05) is 34.1 Å². The Balaban J connectivity index is 2.03. The highest BCUT2D eigenvalue weighted by Crippen LogP contribution is 2.18. The number of amides is 3. The van der Waals surface area contributed by atoms with Crippen LogP contribution in [0.15, 0.2) is 53.0 Å². The first kappa shape index (κ1) is 18.0. The molecule has 4 N–H and O–H groups in total. The van der Waals surface area contributed by atoms with Crippen molar-refractivity contribution in [3.05, 3.63) is 58.6 Å². The lowest BCUT2D eigenvalue weighted by molar-refractivity contribution is 0.0952. The van der Waals surface area contributed by atoms with Gasteiger partial charge in [0.05, 0.1) is 11.3 Å². The Hall–Kier alpha value is -2.38. The van der Waals surface area contributed by atoms with Gasteiger partial charge in [0.25, 0.3) is 5.91 Å². The third-order valence-corrected chi connectivity index (χ3v) is 3.62. The topological polar surface area (TPSA) is 90.5 Å². The van der Waals surface area contributed by atoms with Crippen LogP contribution >= 0.6 is 15.9 Å². The van der Waals surface area contributed by atoms with E-state index in [9.17, 15) is 9.59 Å². The summed E-state index contributed by atoms with van der Waals surface area (Å²) in [5.74, 6) is -0.304. The number of anilines is 2. The molecule has 0 heterocycles. The van der Waals surface area contributed by atoms with Crippen molar-refractivity contribution in [3.63, 3.8) is 0 Å². The van der Waals surface area contributed by atoms with Gasteiger partial charge in [-0.3, -0.25) is 4.79 Å². The van der Waals surface area contributed by atoms with Crippen LogP contribution in [0.2, 0.25) is 0 Å². The van der Waals surface area contributed by atoms with Crippen molar-refractivity contribution in [2.24, 2.45) is 0 Å². The van der Waals surface area contributed by atoms with Gasteiger partial charge in [-0.2, -0.15) is 0 Å². The van der Waals surface area contributed by atoms with E-state index in [1.165, 1.54) is 0 Å². The van der Waals surface area contributed by atoms with Crippen LogP contribution in [0, 0.1) is 0 Å². The highest BCUT2D eigenvalue weighted by atomic mass is 79.9. The predicted molar refractivity (Wildman–Crippen MR) is 97.3 cm³/mol. The Morgan fingerprint density at radius 1 is 1.04 bits per heavy atom. The average molecular weight is 392 g/mol. The molecule has 0 saturated carbocycles. The molecule has 24 heavy (non-hydrogen) atoms. The molecule has 0 aliphatic heterocycles. The molecule has 0 radical (unpaired) electrons. The number of para-hydroxylation sites is 1. The van der Waals surface area contributed by atoms with E-state index in [0.29, 0.717) is 29.9 Å². The van der Waals surface area contributed by atoms with Gasteiger partial charge >= 0.3 is 6.03 Å². The van der Waals surface area contributed by atoms with Crippen LogP contribution in [0.25, 0.3) is 0 Å². The number of hydrogen-bond donors (Lipinski definition) is 4. The second kappa shape index (κ2) is 9.05. The Morgan fingerprint density at radius 2 is 1.83 bits per heavy atom. The molecule has 0 bridgehead atoms. The van der Waals surface area contributed by atoms with Crippen LogP contribution in [0.5, 0.6) is 0 Å². The zero-order chi connectivity index (χ0) is 17.4. The molecule has 0 saturated heterocycles. The maximum absolute atomic E-state index is 12.2. The average Bonchev–Trinajstić information content (AvgIpc) is 2.55. The third kappa shape index (κ3) is 5.36. The van der Waals surface area contributed by atoms with Crippen molar-refractivity contribution < 1.29 is 14.7 Å². The molecule has 0 aliphatic rings. The van der Waals surface area contributed by atoms with Gasteiger partial charge < -0.3 is 21.1 Å². The molecule has 2 rings (SSSR count). The second-order valence-corrected chi connectivity index (χ2v) is 5.88. The maximum atomic E-state index is 12.2. The smallest absolute Gasteiger partial charge is 0.323 e. The van der Waals surface area contributed by atoms with E-state index < -0.39 is 6.03 Å². The largest absolute Gasteiger partial charge is 0.396 e. The quantitative estimate of drug-likeness (QED) is 0.569. The second-order valence-electron chi connectivity index (χ2n) is 4.97. The standard InChI is InChI=1S/C17H18BrN3O3/c18-12-5-3-6-13(11-12)20-17(24)21-15-8-2-1-7-14(15)16(23)19-9-4-10-22/h1-3,5-8,11,22H,4,9-10H2,(H,19,23)(H2,20,21,24). The molecular weight excluding hydrogens is 374 g/mol. The maximum Gasteiger partial charge on any atom is 0.323 e. The molecule has 3 amide bonds. The van der Waals surface area contributed by atoms with Gasteiger partial charge in [-0.25, -0.2) is 4.79 Å². The summed E-state index contributed by atoms with van der Waals surface area (Å²) in [4.78, 5) is 24.3. The van der Waals surface area contributed by atoms with Crippen molar-refractivity contribution in [1.82, 2.24) is 5.32 Å². The highest BCUT2D eigenvalue weighted by molar-refractivity contribution is 9.10. The number of aliphatic hydroxyl groups is 1. The minimum Gasteiger partial charge on any atom is -0.396 e. The van der Waals surface area contributed by atoms with Gasteiger partial charge in [0.1, 0.15) is 0 Å². The van der Waals surface area contributed by atoms with Crippen molar-refractivity contribution >= 4 is 39.2 Å². The molecule has 0 fully saturated rings. The Bertz CT molecular complexity index is 722. The molecule has 126 valence electrons. The minimum atomic E-state index is -0.441. The number of carbonyl (C=O) groups is 2. The zero-order valence-corrected chi connectivity index (χ0v) is 14.5. The SMILES string of the molecule is O=C(Nc1cccc(Br)c1)Nc1ccccc1C(=O)NCCCO. The van der Waals surface area contributed by atoms with Crippen molar-refractivity contribution in [1.29, 1.82) is 0 Å². The predicted octanol–water partition coefficient (Wildman–Crippen LogP) is 3.21. The van der Waals surface area contributed by atoms with Gasteiger partial charge in [-0.15, -0.1) is 0 Å². The van der Waals surface area contributed by atoms with Crippen LogP contribution in [-0.2, 0) is 0 Å². The number of halogens is 1. The van der Waals surface area contributed by atoms with Crippen molar-refractivity contribution in [2.75, 3.05) is 23.8 Å². The molecule has 0 unspecified atom stereocenters. The van der Waals surface area contributed by atoms with E-state index in [1.807, 2.05) is 12.1 Å². The molecule has 2 aromatic rings. The minimum absolute atomic E-state index is 0.00914. The molecule has 2 aromatic carbocycles. The summed E-state index contributed by atoms with van der Waals surface area (Å²) in [6.07, 6.45) is 0.477. The third-order valence-electron chi connectivity index (χ3n) is 3.12. The summed E-state index contributed by atoms with van der Waals surface area (Å²) in [5.41, 5.74) is 1.40. The monoisotopic (exact) mass is 391 g/mol. The van der Waals surface area contributed by atoms with Crippen LogP contribution in [-0.4, -0.2) is 30.2 Å². The summed E-state index contributed by atoms with van der Waals surface area (Å²) >= 11 is 3.34. The molecular formula is C17H18BrN3O3. The lowest BCUT2D eigenvalue weighted by Gasteiger charge is -2.12. The molecule has 0 atom stereocenters. The van der Waals surface area contributed by atoms with Crippen LogP contribution in [0.3, 0.4) is 0 Å². The lowest BCUT2D eigenvalue weighted by atomic mass is 10.1. The molecule has 0 aromatic heterocycles. The van der Waals surface area contributed by atoms with Crippen molar-refractivity contribution in [3.8, 4) is 0 Å². The van der Waals surface area contributed by atoms with Gasteiger partial charge in [0.15, 0.2) is 0 Å². The highest BCUT2D eigenvalue weighted by Gasteiger charge is 2.12. The van der Waals surface area contributed by atoms with Gasteiger partial charge in [-0.05, 0) is 36.8 Å². The van der Waals surface area contributed by atoms with Gasteiger partial charge in [0.2, 0.25) is 0 Å². The zero-order valence-electron chi connectivity index (χ0n) is 12.9. The van der Waals surface area contributed by atoms with Crippen LogP contribution < -0.4 is 16.0 Å². The number of urea groups is 1. The molecule has 0 spiro atoms. The normalized spacial score (nSPS) is 10.1. The van der Waals surface area contributed by atoms with E-state index >= 15 is 0 Å². The summed E-state index contributed by atoms with van der Waals surface area (Å²) in [7, 11) is 0. The number of benzene rings is 2. The molecule has 6 nitrogen and oxygen atoms in total. The number of rotatable bonds is 6. The van der Waals surface area contributed by atoms with E-state index in [-0.39, 0.29) is 12.5 Å². The number of carbonyl (C=O) groups excluding carboxylic acids is 2. The number of nitrogens with one attached hydrogen (secondary N) is 3. The summed E-state index contributed by atoms with van der Waals surface area (Å²) in [6.45, 7) is 0.378. The fourth-order valence-corrected chi connectivity index (χ4v) is 2.42. The first-order valence-electron chi connectivity index (χ1n) is 7.42. The van der Waals surface area contributed by atoms with Crippen LogP contribution in [0.4, 0.5) is 16.2 Å². The number of aliphatic hydroxyl groups excluding tert-OH is 1. The fourth-order valence-electron chi connectivity index (χ4n) is 2.02. The van der Waals surface area contributed by atoms with E-state index in [1.54, 1.807) is 36.4 Å². The molecule has 0 aliphatic carbocycles. The summed E-state index contributed by atoms with van der Waals surface area (Å²) < 4.78 is 0.851. The Morgan fingerprint density at radius 3 is 2.58 bits per heavy atom. The van der Waals surface area contributed by atoms with E-state index in [4.69, 9.17) is 5.11 Å². The summed E-state index contributed by atoms with van der Waals surface area (Å²) in [5, 5.41) is 16.8. The Kier molecular flexibility index (Phi) is 6.77. The van der Waals surface area contributed by atoms with Crippen molar-refractivity contribution in [2.45, 2.75) is 6.42 Å². The summed E-state index contributed by atoms with van der Waals surface area (Å²) in [6, 6.07) is 13.5. The first-order chi connectivity index (χ1) is 11.6. The van der Waals surface area contributed by atoms with E-state index in [0.717, 1.165) is 4.47 Å². The number of hydrogen-bond acceptors (Lipinski definition) is 3. The van der Waals surface area contributed by atoms with E-state index in [2.05, 4.69) is 31.9 Å². The van der Waals surface area contributed by atoms with Gasteiger partial charge in [0, 0.05) is 23.3 Å². The first-order valence-corrected chi connectivity index (χ1v) is 8.21. The molecule has 7 heteroatoms.